The van der Waals surface area contributed by atoms with E-state index in [-0.39, 0.29) is 5.75 Å². The van der Waals surface area contributed by atoms with E-state index in [1.54, 1.807) is 18.2 Å². The Morgan fingerprint density at radius 1 is 1.05 bits per heavy atom. The first kappa shape index (κ1) is 16.8. The molecule has 0 bridgehead atoms. The molecule has 2 rings (SSSR count). The molecule has 21 heavy (non-hydrogen) atoms. The maximum absolute atomic E-state index is 12.1. The average Bonchev–Trinajstić information content (AvgIpc) is 2.41. The standard InChI is InChI=1S/C15H11Cl2IO2S/c16-13-4-3-12(15(17)9-13)10-21(19,20)8-7-11-1-5-14(18)6-2-11/h1-9H,10H2/b8-7+. The van der Waals surface area contributed by atoms with Crippen molar-refractivity contribution in [1.29, 1.82) is 0 Å². The van der Waals surface area contributed by atoms with E-state index in [0.29, 0.717) is 15.6 Å². The van der Waals surface area contributed by atoms with Crippen LogP contribution in [0.4, 0.5) is 0 Å². The molecular weight excluding hydrogens is 442 g/mol. The van der Waals surface area contributed by atoms with Gasteiger partial charge >= 0.3 is 0 Å². The lowest BCUT2D eigenvalue weighted by molar-refractivity contribution is 0.604. The molecular formula is C15H11Cl2IO2S. The molecule has 0 saturated heterocycles. The lowest BCUT2D eigenvalue weighted by atomic mass is 10.2. The van der Waals surface area contributed by atoms with Crippen molar-refractivity contribution in [2.75, 3.05) is 0 Å². The second kappa shape index (κ2) is 7.13. The molecule has 6 heteroatoms. The average molecular weight is 453 g/mol. The lowest BCUT2D eigenvalue weighted by Crippen LogP contribution is -2.00. The number of rotatable bonds is 4. The molecule has 0 aliphatic rings. The van der Waals surface area contributed by atoms with Crippen LogP contribution in [0.3, 0.4) is 0 Å². The molecule has 0 atom stereocenters. The minimum absolute atomic E-state index is 0.149. The Labute approximate surface area is 147 Å². The van der Waals surface area contributed by atoms with Crippen molar-refractivity contribution in [3.8, 4) is 0 Å². The highest BCUT2D eigenvalue weighted by molar-refractivity contribution is 14.1. The molecule has 0 aliphatic heterocycles. The van der Waals surface area contributed by atoms with Crippen LogP contribution in [0.1, 0.15) is 11.1 Å². The summed E-state index contributed by atoms with van der Waals surface area (Å²) in [5.74, 6) is -0.149. The van der Waals surface area contributed by atoms with Crippen molar-refractivity contribution < 1.29 is 8.42 Å². The second-order valence-electron chi connectivity index (χ2n) is 4.40. The van der Waals surface area contributed by atoms with Gasteiger partial charge in [0.05, 0.1) is 5.75 Å². The van der Waals surface area contributed by atoms with Crippen LogP contribution in [-0.2, 0) is 15.6 Å². The summed E-state index contributed by atoms with van der Waals surface area (Å²) in [6, 6.07) is 12.4. The normalized spacial score (nSPS) is 12.0. The smallest absolute Gasteiger partial charge is 0.175 e. The lowest BCUT2D eigenvalue weighted by Gasteiger charge is -2.03. The van der Waals surface area contributed by atoms with Gasteiger partial charge in [0.15, 0.2) is 9.84 Å². The molecule has 0 heterocycles. The molecule has 2 aromatic carbocycles. The molecule has 0 saturated carbocycles. The highest BCUT2D eigenvalue weighted by Crippen LogP contribution is 2.23. The van der Waals surface area contributed by atoms with Crippen LogP contribution in [0.2, 0.25) is 10.0 Å². The number of benzene rings is 2. The quantitative estimate of drug-likeness (QED) is 0.598. The molecule has 0 spiro atoms. The number of sulfone groups is 1. The largest absolute Gasteiger partial charge is 0.224 e. The Balaban J connectivity index is 2.16. The van der Waals surface area contributed by atoms with Crippen LogP contribution in [-0.4, -0.2) is 8.42 Å². The molecule has 0 aliphatic carbocycles. The van der Waals surface area contributed by atoms with Crippen LogP contribution in [0.25, 0.3) is 6.08 Å². The second-order valence-corrected chi connectivity index (χ2v) is 8.37. The van der Waals surface area contributed by atoms with Gasteiger partial charge in [-0.25, -0.2) is 8.42 Å². The topological polar surface area (TPSA) is 34.1 Å². The van der Waals surface area contributed by atoms with Crippen molar-refractivity contribution >= 4 is 61.7 Å². The van der Waals surface area contributed by atoms with Crippen molar-refractivity contribution in [3.05, 3.63) is 72.6 Å². The third kappa shape index (κ3) is 5.29. The van der Waals surface area contributed by atoms with E-state index in [1.165, 1.54) is 11.5 Å². The highest BCUT2D eigenvalue weighted by atomic mass is 127. The minimum Gasteiger partial charge on any atom is -0.224 e. The van der Waals surface area contributed by atoms with Crippen molar-refractivity contribution in [2.24, 2.45) is 0 Å². The summed E-state index contributed by atoms with van der Waals surface area (Å²) < 4.78 is 25.3. The fourth-order valence-corrected chi connectivity index (χ4v) is 3.72. The highest BCUT2D eigenvalue weighted by Gasteiger charge is 2.11. The van der Waals surface area contributed by atoms with E-state index < -0.39 is 9.84 Å². The zero-order valence-electron chi connectivity index (χ0n) is 10.8. The number of hydrogen-bond acceptors (Lipinski definition) is 2. The number of hydrogen-bond donors (Lipinski definition) is 0. The SMILES string of the molecule is O=S(=O)(/C=C/c1ccc(I)cc1)Cc1ccc(Cl)cc1Cl. The van der Waals surface area contributed by atoms with Crippen LogP contribution in [0, 0.1) is 3.57 Å². The van der Waals surface area contributed by atoms with E-state index >= 15 is 0 Å². The fourth-order valence-electron chi connectivity index (χ4n) is 1.66. The summed E-state index contributed by atoms with van der Waals surface area (Å²) in [5, 5.41) is 2.05. The maximum atomic E-state index is 12.1. The van der Waals surface area contributed by atoms with E-state index in [0.717, 1.165) is 9.13 Å². The van der Waals surface area contributed by atoms with Crippen molar-refractivity contribution in [2.45, 2.75) is 5.75 Å². The molecule has 0 unspecified atom stereocenters. The molecule has 2 nitrogen and oxygen atoms in total. The fraction of sp³-hybridized carbons (Fsp3) is 0.0667. The van der Waals surface area contributed by atoms with Gasteiger partial charge in [-0.3, -0.25) is 0 Å². The molecule has 0 N–H and O–H groups in total. The first-order valence-electron chi connectivity index (χ1n) is 5.96. The Hall–Kier alpha value is -0.560. The summed E-state index contributed by atoms with van der Waals surface area (Å²) in [4.78, 5) is 0. The molecule has 0 amide bonds. The Morgan fingerprint density at radius 3 is 2.33 bits per heavy atom. The van der Waals surface area contributed by atoms with E-state index in [4.69, 9.17) is 23.2 Å². The minimum atomic E-state index is -3.39. The third-order valence-corrected chi connectivity index (χ3v) is 5.28. The predicted molar refractivity (Wildman–Crippen MR) is 97.3 cm³/mol. The summed E-state index contributed by atoms with van der Waals surface area (Å²) in [6.45, 7) is 0. The summed E-state index contributed by atoms with van der Waals surface area (Å²) >= 11 is 14.0. The van der Waals surface area contributed by atoms with Gasteiger partial charge in [0.1, 0.15) is 0 Å². The predicted octanol–water partition coefficient (Wildman–Crippen LogP) is 5.18. The van der Waals surface area contributed by atoms with Gasteiger partial charge in [-0.05, 0) is 64.1 Å². The van der Waals surface area contributed by atoms with Crippen molar-refractivity contribution in [3.63, 3.8) is 0 Å². The summed E-state index contributed by atoms with van der Waals surface area (Å²) in [6.07, 6.45) is 1.58. The summed E-state index contributed by atoms with van der Waals surface area (Å²) in [5.41, 5.74) is 1.37. The van der Waals surface area contributed by atoms with E-state index in [9.17, 15) is 8.42 Å². The molecule has 110 valence electrons. The number of halogens is 3. The zero-order valence-corrected chi connectivity index (χ0v) is 15.2. The Bertz CT molecular complexity index is 769. The third-order valence-electron chi connectivity index (χ3n) is 2.71. The van der Waals surface area contributed by atoms with E-state index in [1.807, 2.05) is 24.3 Å². The Kier molecular flexibility index (Phi) is 5.71. The molecule has 0 fully saturated rings. The maximum Gasteiger partial charge on any atom is 0.175 e. The molecule has 0 radical (unpaired) electrons. The van der Waals surface area contributed by atoms with Gasteiger partial charge < -0.3 is 0 Å². The van der Waals surface area contributed by atoms with Crippen LogP contribution >= 0.6 is 45.8 Å². The van der Waals surface area contributed by atoms with Gasteiger partial charge in [0.2, 0.25) is 0 Å². The Morgan fingerprint density at radius 2 is 1.71 bits per heavy atom. The first-order chi connectivity index (χ1) is 9.85. The van der Waals surface area contributed by atoms with Crippen LogP contribution in [0.15, 0.2) is 47.9 Å². The zero-order chi connectivity index (χ0) is 15.5. The summed E-state index contributed by atoms with van der Waals surface area (Å²) in [7, 11) is -3.39. The van der Waals surface area contributed by atoms with Gasteiger partial charge in [0.25, 0.3) is 0 Å². The van der Waals surface area contributed by atoms with E-state index in [2.05, 4.69) is 22.6 Å². The monoisotopic (exact) mass is 452 g/mol. The van der Waals surface area contributed by atoms with Crippen LogP contribution < -0.4 is 0 Å². The molecule has 2 aromatic rings. The first-order valence-corrected chi connectivity index (χ1v) is 9.51. The van der Waals surface area contributed by atoms with Gasteiger partial charge in [-0.15, -0.1) is 0 Å². The molecule has 0 aromatic heterocycles. The van der Waals surface area contributed by atoms with Gasteiger partial charge in [-0.1, -0.05) is 41.4 Å². The van der Waals surface area contributed by atoms with Gasteiger partial charge in [-0.2, -0.15) is 0 Å². The van der Waals surface area contributed by atoms with Crippen molar-refractivity contribution in [1.82, 2.24) is 0 Å². The van der Waals surface area contributed by atoms with Crippen LogP contribution in [0.5, 0.6) is 0 Å². The van der Waals surface area contributed by atoms with Gasteiger partial charge in [0, 0.05) is 19.0 Å².